The smallest absolute Gasteiger partial charge is 0.355 e. The van der Waals surface area contributed by atoms with Crippen molar-refractivity contribution in [3.05, 3.63) is 35.0 Å². The molecule has 2 aliphatic rings. The number of nitrogens with one attached hydrogen (secondary N) is 1. The molecule has 1 aromatic rings. The van der Waals surface area contributed by atoms with Crippen LogP contribution in [0.4, 0.5) is 11.4 Å². The molecule has 1 aliphatic heterocycles. The summed E-state index contributed by atoms with van der Waals surface area (Å²) in [6.07, 6.45) is 2.06. The minimum atomic E-state index is -0.704. The molecule has 150 valence electrons. The number of carbonyl (C=O) groups excluding carboxylic acids is 3. The van der Waals surface area contributed by atoms with E-state index >= 15 is 0 Å². The molecule has 1 aromatic carbocycles. The molecule has 0 saturated heterocycles. The molecule has 0 amide bonds. The van der Waals surface area contributed by atoms with Crippen molar-refractivity contribution in [2.24, 2.45) is 0 Å². The van der Waals surface area contributed by atoms with E-state index in [4.69, 9.17) is 18.9 Å². The van der Waals surface area contributed by atoms with Crippen LogP contribution in [0.15, 0.2) is 29.5 Å². The number of benzene rings is 1. The molecule has 0 atom stereocenters. The second-order valence-electron chi connectivity index (χ2n) is 6.36. The van der Waals surface area contributed by atoms with E-state index in [2.05, 4.69) is 5.32 Å². The average molecular weight is 390 g/mol. The van der Waals surface area contributed by atoms with Crippen LogP contribution in [0.3, 0.4) is 0 Å². The lowest BCUT2D eigenvalue weighted by Crippen LogP contribution is -2.39. The van der Waals surface area contributed by atoms with Crippen molar-refractivity contribution in [3.8, 4) is 0 Å². The molecule has 0 radical (unpaired) electrons. The Bertz CT molecular complexity index is 830. The highest BCUT2D eigenvalue weighted by Crippen LogP contribution is 2.36. The van der Waals surface area contributed by atoms with Crippen molar-refractivity contribution in [1.82, 2.24) is 0 Å². The van der Waals surface area contributed by atoms with Gasteiger partial charge in [0.05, 0.1) is 50.4 Å². The molecule has 0 unspecified atom stereocenters. The number of carbonyl (C=O) groups is 3. The summed E-state index contributed by atoms with van der Waals surface area (Å²) in [6, 6.07) is 5.27. The molecule has 1 N–H and O–H groups in total. The molecule has 9 heteroatoms. The van der Waals surface area contributed by atoms with Crippen LogP contribution >= 0.6 is 0 Å². The molecule has 3 rings (SSSR count). The van der Waals surface area contributed by atoms with Crippen LogP contribution in [-0.4, -0.2) is 58.6 Å². The van der Waals surface area contributed by atoms with Crippen molar-refractivity contribution in [2.75, 3.05) is 44.9 Å². The second kappa shape index (κ2) is 8.30. The van der Waals surface area contributed by atoms with E-state index < -0.39 is 17.9 Å². The Morgan fingerprint density at radius 2 is 1.71 bits per heavy atom. The largest absolute Gasteiger partial charge is 0.466 e. The molecule has 0 bridgehead atoms. The third-order valence-corrected chi connectivity index (χ3v) is 4.48. The lowest BCUT2D eigenvalue weighted by atomic mass is 10.1. The van der Waals surface area contributed by atoms with Gasteiger partial charge in [0.25, 0.3) is 0 Å². The topological polar surface area (TPSA) is 103 Å². The maximum atomic E-state index is 12.5. The van der Waals surface area contributed by atoms with Gasteiger partial charge in [0.2, 0.25) is 0 Å². The number of rotatable bonds is 6. The molecule has 1 heterocycles. The number of anilines is 2. The van der Waals surface area contributed by atoms with Gasteiger partial charge in [0, 0.05) is 6.04 Å². The summed E-state index contributed by atoms with van der Waals surface area (Å²) >= 11 is 0. The summed E-state index contributed by atoms with van der Waals surface area (Å²) in [5, 5.41) is 3.36. The van der Waals surface area contributed by atoms with Crippen molar-refractivity contribution < 1.29 is 33.3 Å². The molecule has 28 heavy (non-hydrogen) atoms. The molecular weight excluding hydrogens is 368 g/mol. The standard InChI is InChI=1S/C19H22N2O7/c1-25-17(22)11-4-7-14(20-12-5-6-12)15(8-11)21-10-28-9-13(18(23)26-2)16(21)19(24)27-3/h4,7-8,12,20H,5-6,9-10H2,1-3H3. The monoisotopic (exact) mass is 390 g/mol. The Labute approximate surface area is 162 Å². The predicted molar refractivity (Wildman–Crippen MR) is 98.8 cm³/mol. The number of methoxy groups -OCH3 is 3. The predicted octanol–water partition coefficient (Wildman–Crippen LogP) is 1.44. The summed E-state index contributed by atoms with van der Waals surface area (Å²) in [7, 11) is 3.74. The van der Waals surface area contributed by atoms with Crippen molar-refractivity contribution >= 4 is 29.3 Å². The van der Waals surface area contributed by atoms with E-state index in [0.717, 1.165) is 12.8 Å². The highest BCUT2D eigenvalue weighted by atomic mass is 16.5. The van der Waals surface area contributed by atoms with Gasteiger partial charge in [-0.25, -0.2) is 14.4 Å². The van der Waals surface area contributed by atoms with Gasteiger partial charge in [-0.05, 0) is 31.0 Å². The Kier molecular flexibility index (Phi) is 5.84. The maximum absolute atomic E-state index is 12.5. The van der Waals surface area contributed by atoms with E-state index in [-0.39, 0.29) is 24.6 Å². The first-order valence-electron chi connectivity index (χ1n) is 8.74. The summed E-state index contributed by atoms with van der Waals surface area (Å²) in [4.78, 5) is 38.2. The van der Waals surface area contributed by atoms with Gasteiger partial charge >= 0.3 is 17.9 Å². The van der Waals surface area contributed by atoms with Crippen LogP contribution in [0.5, 0.6) is 0 Å². The second-order valence-corrected chi connectivity index (χ2v) is 6.36. The van der Waals surface area contributed by atoms with E-state index in [1.165, 1.54) is 26.2 Å². The highest BCUT2D eigenvalue weighted by Gasteiger charge is 2.34. The zero-order valence-corrected chi connectivity index (χ0v) is 15.9. The number of hydrogen-bond donors (Lipinski definition) is 1. The van der Waals surface area contributed by atoms with Gasteiger partial charge in [-0.3, -0.25) is 0 Å². The maximum Gasteiger partial charge on any atom is 0.355 e. The van der Waals surface area contributed by atoms with Gasteiger partial charge < -0.3 is 29.2 Å². The third kappa shape index (κ3) is 3.94. The molecule has 1 saturated carbocycles. The van der Waals surface area contributed by atoms with E-state index in [9.17, 15) is 14.4 Å². The SMILES string of the molecule is COC(=O)C1=C(C(=O)OC)N(c2cc(C(=O)OC)ccc2NC2CC2)COC1. The minimum absolute atomic E-state index is 0.00506. The summed E-state index contributed by atoms with van der Waals surface area (Å²) in [6.45, 7) is -0.0927. The fourth-order valence-corrected chi connectivity index (χ4v) is 2.90. The minimum Gasteiger partial charge on any atom is -0.466 e. The normalized spacial score (nSPS) is 16.5. The van der Waals surface area contributed by atoms with Crippen LogP contribution in [-0.2, 0) is 28.5 Å². The fourth-order valence-electron chi connectivity index (χ4n) is 2.90. The van der Waals surface area contributed by atoms with Gasteiger partial charge in [0.1, 0.15) is 12.4 Å². The zero-order valence-electron chi connectivity index (χ0n) is 15.9. The van der Waals surface area contributed by atoms with Gasteiger partial charge in [-0.2, -0.15) is 0 Å². The highest BCUT2D eigenvalue weighted by molar-refractivity contribution is 6.04. The summed E-state index contributed by atoms with van der Waals surface area (Å²) in [5.74, 6) is -1.91. The molecule has 1 fully saturated rings. The van der Waals surface area contributed by atoms with E-state index in [0.29, 0.717) is 23.0 Å². The van der Waals surface area contributed by atoms with Crippen LogP contribution in [0.2, 0.25) is 0 Å². The van der Waals surface area contributed by atoms with Gasteiger partial charge in [-0.1, -0.05) is 0 Å². The number of ether oxygens (including phenoxy) is 4. The number of nitrogens with zero attached hydrogens (tertiary/aromatic N) is 1. The van der Waals surface area contributed by atoms with E-state index in [1.807, 2.05) is 0 Å². The summed E-state index contributed by atoms with van der Waals surface area (Å²) in [5.41, 5.74) is 1.55. The average Bonchev–Trinajstić information content (AvgIpc) is 3.55. The first-order valence-corrected chi connectivity index (χ1v) is 8.74. The lowest BCUT2D eigenvalue weighted by molar-refractivity contribution is -0.140. The molecular formula is C19H22N2O7. The molecule has 1 aliphatic carbocycles. The first kappa shape index (κ1) is 19.7. The van der Waals surface area contributed by atoms with Crippen molar-refractivity contribution in [2.45, 2.75) is 18.9 Å². The Morgan fingerprint density at radius 1 is 1.04 bits per heavy atom. The first-order chi connectivity index (χ1) is 13.5. The van der Waals surface area contributed by atoms with E-state index in [1.54, 1.807) is 18.2 Å². The number of esters is 3. The Morgan fingerprint density at radius 3 is 2.32 bits per heavy atom. The number of hydrogen-bond acceptors (Lipinski definition) is 9. The van der Waals surface area contributed by atoms with Gasteiger partial charge in [-0.15, -0.1) is 0 Å². The van der Waals surface area contributed by atoms with Crippen LogP contribution in [0.25, 0.3) is 0 Å². The molecule has 0 spiro atoms. The summed E-state index contributed by atoms with van der Waals surface area (Å²) < 4.78 is 20.0. The fraction of sp³-hybridized carbons (Fsp3) is 0.421. The zero-order chi connectivity index (χ0) is 20.3. The van der Waals surface area contributed by atoms with Crippen LogP contribution in [0.1, 0.15) is 23.2 Å². The Hall–Kier alpha value is -3.07. The molecule has 9 nitrogen and oxygen atoms in total. The van der Waals surface area contributed by atoms with Gasteiger partial charge in [0.15, 0.2) is 0 Å². The molecule has 0 aromatic heterocycles. The third-order valence-electron chi connectivity index (χ3n) is 4.48. The quantitative estimate of drug-likeness (QED) is 0.571. The Balaban J connectivity index is 2.13. The lowest BCUT2D eigenvalue weighted by Gasteiger charge is -2.33. The van der Waals surface area contributed by atoms with Crippen molar-refractivity contribution in [3.63, 3.8) is 0 Å². The van der Waals surface area contributed by atoms with Crippen LogP contribution < -0.4 is 10.2 Å². The van der Waals surface area contributed by atoms with Crippen molar-refractivity contribution in [1.29, 1.82) is 0 Å². The van der Waals surface area contributed by atoms with Crippen LogP contribution in [0, 0.1) is 0 Å².